The van der Waals surface area contributed by atoms with Crippen LogP contribution in [0, 0.1) is 0 Å². The molecular weight excluding hydrogens is 245 g/mol. The maximum atomic E-state index is 6.17. The zero-order chi connectivity index (χ0) is 11.5. The van der Waals surface area contributed by atoms with E-state index >= 15 is 0 Å². The molecule has 0 aliphatic carbocycles. The molecular formula is C12H15Cl2NO. The van der Waals surface area contributed by atoms with Gasteiger partial charge in [0.25, 0.3) is 0 Å². The topological polar surface area (TPSA) is 35.2 Å². The highest BCUT2D eigenvalue weighted by Crippen LogP contribution is 2.30. The molecule has 0 bridgehead atoms. The highest BCUT2D eigenvalue weighted by molar-refractivity contribution is 6.33. The van der Waals surface area contributed by atoms with E-state index in [1.54, 1.807) is 12.1 Å². The molecule has 4 heteroatoms. The van der Waals surface area contributed by atoms with Crippen molar-refractivity contribution in [3.8, 4) is 0 Å². The number of benzene rings is 1. The van der Waals surface area contributed by atoms with E-state index in [4.69, 9.17) is 33.7 Å². The first-order valence-corrected chi connectivity index (χ1v) is 6.26. The van der Waals surface area contributed by atoms with Gasteiger partial charge in [-0.2, -0.15) is 0 Å². The minimum atomic E-state index is -0.188. The van der Waals surface area contributed by atoms with Crippen molar-refractivity contribution < 1.29 is 4.74 Å². The van der Waals surface area contributed by atoms with Crippen LogP contribution in [0.1, 0.15) is 30.9 Å². The van der Waals surface area contributed by atoms with Crippen LogP contribution in [0.4, 0.5) is 0 Å². The molecule has 16 heavy (non-hydrogen) atoms. The Balaban J connectivity index is 2.18. The van der Waals surface area contributed by atoms with E-state index in [-0.39, 0.29) is 12.1 Å². The highest BCUT2D eigenvalue weighted by Gasteiger charge is 2.24. The Morgan fingerprint density at radius 3 is 2.81 bits per heavy atom. The van der Waals surface area contributed by atoms with E-state index in [0.29, 0.717) is 10.0 Å². The van der Waals surface area contributed by atoms with Crippen molar-refractivity contribution in [1.29, 1.82) is 0 Å². The molecule has 1 aliphatic heterocycles. The van der Waals surface area contributed by atoms with Crippen molar-refractivity contribution in [3.63, 3.8) is 0 Å². The highest BCUT2D eigenvalue weighted by atomic mass is 35.5. The molecule has 1 aromatic carbocycles. The standard InChI is InChI=1S/C12H15Cl2NO/c13-8-4-5-10(14)9(7-8)12(15)11-3-1-2-6-16-11/h4-5,7,11-12H,1-3,6,15H2. The van der Waals surface area contributed by atoms with Gasteiger partial charge in [0, 0.05) is 16.7 Å². The Labute approximate surface area is 106 Å². The molecule has 2 atom stereocenters. The summed E-state index contributed by atoms with van der Waals surface area (Å²) in [5, 5.41) is 1.32. The molecule has 88 valence electrons. The zero-order valence-electron chi connectivity index (χ0n) is 8.96. The van der Waals surface area contributed by atoms with Crippen LogP contribution in [0.5, 0.6) is 0 Å². The van der Waals surface area contributed by atoms with Gasteiger partial charge in [-0.25, -0.2) is 0 Å². The van der Waals surface area contributed by atoms with Gasteiger partial charge >= 0.3 is 0 Å². The van der Waals surface area contributed by atoms with Gasteiger partial charge in [0.1, 0.15) is 0 Å². The number of halogens is 2. The zero-order valence-corrected chi connectivity index (χ0v) is 10.5. The van der Waals surface area contributed by atoms with E-state index in [2.05, 4.69) is 0 Å². The van der Waals surface area contributed by atoms with Crippen LogP contribution in [0.25, 0.3) is 0 Å². The third-order valence-corrected chi connectivity index (χ3v) is 3.51. The van der Waals surface area contributed by atoms with Gasteiger partial charge in [-0.3, -0.25) is 0 Å². The predicted molar refractivity (Wildman–Crippen MR) is 67.0 cm³/mol. The van der Waals surface area contributed by atoms with Crippen molar-refractivity contribution in [2.45, 2.75) is 31.4 Å². The SMILES string of the molecule is NC(c1cc(Cl)ccc1Cl)C1CCCCO1. The van der Waals surface area contributed by atoms with Crippen LogP contribution in [0.15, 0.2) is 18.2 Å². The van der Waals surface area contributed by atoms with Crippen molar-refractivity contribution in [1.82, 2.24) is 0 Å². The Bertz CT molecular complexity index is 364. The molecule has 0 amide bonds. The fourth-order valence-electron chi connectivity index (χ4n) is 2.02. The molecule has 2 rings (SSSR count). The second-order valence-corrected chi connectivity index (χ2v) is 4.94. The smallest absolute Gasteiger partial charge is 0.0768 e. The molecule has 0 saturated carbocycles. The first-order chi connectivity index (χ1) is 7.68. The van der Waals surface area contributed by atoms with E-state index < -0.39 is 0 Å². The van der Waals surface area contributed by atoms with Crippen LogP contribution in [0.2, 0.25) is 10.0 Å². The first kappa shape index (κ1) is 12.2. The summed E-state index contributed by atoms with van der Waals surface area (Å²) in [4.78, 5) is 0. The molecule has 2 nitrogen and oxygen atoms in total. The van der Waals surface area contributed by atoms with Crippen LogP contribution in [-0.4, -0.2) is 12.7 Å². The average molecular weight is 260 g/mol. The molecule has 1 aliphatic rings. The lowest BCUT2D eigenvalue weighted by molar-refractivity contribution is 0.0000315. The Morgan fingerprint density at radius 2 is 2.12 bits per heavy atom. The van der Waals surface area contributed by atoms with E-state index in [1.165, 1.54) is 0 Å². The van der Waals surface area contributed by atoms with Gasteiger partial charge in [-0.15, -0.1) is 0 Å². The fourth-order valence-corrected chi connectivity index (χ4v) is 2.44. The fraction of sp³-hybridized carbons (Fsp3) is 0.500. The minimum Gasteiger partial charge on any atom is -0.376 e. The third kappa shape index (κ3) is 2.69. The third-order valence-electron chi connectivity index (χ3n) is 2.93. The lowest BCUT2D eigenvalue weighted by atomic mass is 9.96. The summed E-state index contributed by atoms with van der Waals surface area (Å²) in [6, 6.07) is 5.18. The first-order valence-electron chi connectivity index (χ1n) is 5.50. The number of rotatable bonds is 2. The molecule has 1 saturated heterocycles. The molecule has 0 radical (unpaired) electrons. The molecule has 1 heterocycles. The minimum absolute atomic E-state index is 0.0599. The lowest BCUT2D eigenvalue weighted by Crippen LogP contribution is -2.32. The molecule has 1 fully saturated rings. The maximum absolute atomic E-state index is 6.17. The number of hydrogen-bond donors (Lipinski definition) is 1. The summed E-state index contributed by atoms with van der Waals surface area (Å²) in [5.74, 6) is 0. The van der Waals surface area contributed by atoms with Gasteiger partial charge in [0.05, 0.1) is 12.1 Å². The quantitative estimate of drug-likeness (QED) is 0.882. The lowest BCUT2D eigenvalue weighted by Gasteiger charge is -2.28. The number of nitrogens with two attached hydrogens (primary N) is 1. The second-order valence-electron chi connectivity index (χ2n) is 4.10. The maximum Gasteiger partial charge on any atom is 0.0768 e. The van der Waals surface area contributed by atoms with Gasteiger partial charge in [0.2, 0.25) is 0 Å². The monoisotopic (exact) mass is 259 g/mol. The van der Waals surface area contributed by atoms with E-state index in [0.717, 1.165) is 31.4 Å². The predicted octanol–water partition coefficient (Wildman–Crippen LogP) is 3.56. The number of ether oxygens (including phenoxy) is 1. The summed E-state index contributed by atoms with van der Waals surface area (Å²) in [5.41, 5.74) is 7.05. The summed E-state index contributed by atoms with van der Waals surface area (Å²) < 4.78 is 5.66. The van der Waals surface area contributed by atoms with Crippen LogP contribution >= 0.6 is 23.2 Å². The van der Waals surface area contributed by atoms with Crippen LogP contribution in [-0.2, 0) is 4.74 Å². The summed E-state index contributed by atoms with van der Waals surface area (Å²) in [6.45, 7) is 0.788. The van der Waals surface area contributed by atoms with E-state index in [1.807, 2.05) is 6.07 Å². The van der Waals surface area contributed by atoms with Crippen molar-refractivity contribution in [3.05, 3.63) is 33.8 Å². The van der Waals surface area contributed by atoms with Gasteiger partial charge in [-0.05, 0) is 43.0 Å². The summed E-state index contributed by atoms with van der Waals surface area (Å²) in [6.07, 6.45) is 3.33. The molecule has 1 aromatic rings. The van der Waals surface area contributed by atoms with Gasteiger partial charge in [0.15, 0.2) is 0 Å². The summed E-state index contributed by atoms with van der Waals surface area (Å²) >= 11 is 12.1. The second kappa shape index (κ2) is 5.37. The summed E-state index contributed by atoms with van der Waals surface area (Å²) in [7, 11) is 0. The molecule has 0 spiro atoms. The van der Waals surface area contributed by atoms with Crippen molar-refractivity contribution in [2.24, 2.45) is 5.73 Å². The average Bonchev–Trinajstić information content (AvgIpc) is 2.32. The van der Waals surface area contributed by atoms with Crippen molar-refractivity contribution >= 4 is 23.2 Å². The Morgan fingerprint density at radius 1 is 1.31 bits per heavy atom. The Kier molecular flexibility index (Phi) is 4.09. The molecule has 2 N–H and O–H groups in total. The van der Waals surface area contributed by atoms with Crippen LogP contribution in [0.3, 0.4) is 0 Å². The normalized spacial score (nSPS) is 23.1. The molecule has 0 aromatic heterocycles. The van der Waals surface area contributed by atoms with Crippen molar-refractivity contribution in [2.75, 3.05) is 6.61 Å². The molecule has 2 unspecified atom stereocenters. The van der Waals surface area contributed by atoms with Gasteiger partial charge in [-0.1, -0.05) is 23.2 Å². The largest absolute Gasteiger partial charge is 0.376 e. The van der Waals surface area contributed by atoms with E-state index in [9.17, 15) is 0 Å². The Hall–Kier alpha value is -0.280. The number of hydrogen-bond acceptors (Lipinski definition) is 2. The van der Waals surface area contributed by atoms with Crippen LogP contribution < -0.4 is 5.73 Å². The van der Waals surface area contributed by atoms with Gasteiger partial charge < -0.3 is 10.5 Å².